The van der Waals surface area contributed by atoms with Crippen molar-refractivity contribution in [3.05, 3.63) is 70.6 Å². The zero-order valence-electron chi connectivity index (χ0n) is 15.4. The second kappa shape index (κ2) is 7.93. The Morgan fingerprint density at radius 1 is 0.966 bits per heavy atom. The van der Waals surface area contributed by atoms with Gasteiger partial charge in [0.15, 0.2) is 0 Å². The molecule has 0 aliphatic heterocycles. The third-order valence-electron chi connectivity index (χ3n) is 4.55. The molecule has 9 nitrogen and oxygen atoms in total. The molecule has 2 aromatic heterocycles. The highest BCUT2D eigenvalue weighted by molar-refractivity contribution is 5.89. The maximum absolute atomic E-state index is 12.3. The summed E-state index contributed by atoms with van der Waals surface area (Å²) < 4.78 is 1.13. The van der Waals surface area contributed by atoms with Gasteiger partial charge in [-0.25, -0.2) is 4.68 Å². The van der Waals surface area contributed by atoms with Crippen molar-refractivity contribution in [1.82, 2.24) is 30.8 Å². The lowest BCUT2D eigenvalue weighted by atomic mass is 10.1. The first-order valence-electron chi connectivity index (χ1n) is 9.07. The van der Waals surface area contributed by atoms with E-state index in [4.69, 9.17) is 0 Å². The molecule has 0 fully saturated rings. The number of amides is 2. The minimum absolute atomic E-state index is 0.0275. The van der Waals surface area contributed by atoms with Crippen molar-refractivity contribution in [2.45, 2.75) is 19.4 Å². The molecule has 2 aromatic carbocycles. The van der Waals surface area contributed by atoms with Gasteiger partial charge in [0.25, 0.3) is 5.56 Å². The van der Waals surface area contributed by atoms with Gasteiger partial charge in [-0.2, -0.15) is 0 Å². The molecule has 0 unspecified atom stereocenters. The Hall–Kier alpha value is -4.01. The molecule has 0 saturated heterocycles. The van der Waals surface area contributed by atoms with Gasteiger partial charge in [-0.15, -0.1) is 5.10 Å². The highest BCUT2D eigenvalue weighted by Crippen LogP contribution is 2.17. The first-order chi connectivity index (χ1) is 14.1. The number of nitrogens with one attached hydrogen (secondary N) is 3. The van der Waals surface area contributed by atoms with Crippen molar-refractivity contribution in [1.29, 1.82) is 0 Å². The minimum Gasteiger partial charge on any atom is -0.361 e. The van der Waals surface area contributed by atoms with Gasteiger partial charge < -0.3 is 4.98 Å². The number of aryl methyl sites for hydroxylation is 1. The molecule has 0 radical (unpaired) electrons. The van der Waals surface area contributed by atoms with Gasteiger partial charge in [0.05, 0.1) is 18.4 Å². The summed E-state index contributed by atoms with van der Waals surface area (Å²) in [6.07, 6.45) is 1.87. The lowest BCUT2D eigenvalue weighted by molar-refractivity contribution is -0.128. The molecule has 0 aliphatic carbocycles. The Morgan fingerprint density at radius 3 is 2.55 bits per heavy atom. The van der Waals surface area contributed by atoms with E-state index in [9.17, 15) is 14.4 Å². The van der Waals surface area contributed by atoms with Crippen LogP contribution in [0, 0.1) is 0 Å². The van der Waals surface area contributed by atoms with Crippen LogP contribution in [0.25, 0.3) is 21.8 Å². The maximum atomic E-state index is 12.3. The Labute approximate surface area is 164 Å². The predicted octanol–water partition coefficient (Wildman–Crippen LogP) is 1.05. The standard InChI is InChI=1S/C20H18N6O3/c27-18(9-10-26-20(29)15-6-2-4-8-17(15)22-25-26)23-24-19(28)11-13-12-21-16-7-3-1-5-14(13)16/h1-8,12,21H,9-11H2,(H,23,27)(H,24,28). The van der Waals surface area contributed by atoms with E-state index in [2.05, 4.69) is 26.1 Å². The summed E-state index contributed by atoms with van der Waals surface area (Å²) in [7, 11) is 0. The first kappa shape index (κ1) is 18.4. The lowest BCUT2D eigenvalue weighted by Crippen LogP contribution is -2.43. The number of hydrogen-bond donors (Lipinski definition) is 3. The highest BCUT2D eigenvalue weighted by atomic mass is 16.2. The van der Waals surface area contributed by atoms with Crippen molar-refractivity contribution >= 4 is 33.6 Å². The van der Waals surface area contributed by atoms with E-state index < -0.39 is 5.91 Å². The quantitative estimate of drug-likeness (QED) is 0.440. The van der Waals surface area contributed by atoms with Gasteiger partial charge in [0, 0.05) is 23.5 Å². The largest absolute Gasteiger partial charge is 0.361 e. The summed E-state index contributed by atoms with van der Waals surface area (Å²) in [5, 5.41) is 9.21. The third kappa shape index (κ3) is 3.98. The topological polar surface area (TPSA) is 122 Å². The fourth-order valence-electron chi connectivity index (χ4n) is 3.07. The summed E-state index contributed by atoms with van der Waals surface area (Å²) in [4.78, 5) is 39.6. The monoisotopic (exact) mass is 390 g/mol. The Kier molecular flexibility index (Phi) is 5.02. The average Bonchev–Trinajstić information content (AvgIpc) is 3.15. The van der Waals surface area contributed by atoms with Crippen LogP contribution in [0.2, 0.25) is 0 Å². The van der Waals surface area contributed by atoms with Crippen LogP contribution < -0.4 is 16.4 Å². The Morgan fingerprint density at radius 2 is 1.69 bits per heavy atom. The van der Waals surface area contributed by atoms with Crippen LogP contribution in [0.15, 0.2) is 59.5 Å². The number of aromatic nitrogens is 4. The molecule has 0 spiro atoms. The van der Waals surface area contributed by atoms with Gasteiger partial charge in [-0.05, 0) is 23.8 Å². The SMILES string of the molecule is O=C(CCn1nnc2ccccc2c1=O)NNC(=O)Cc1c[nH]c2ccccc12. The second-order valence-corrected chi connectivity index (χ2v) is 6.52. The molecule has 29 heavy (non-hydrogen) atoms. The van der Waals surface area contributed by atoms with Crippen LogP contribution in [0.5, 0.6) is 0 Å². The average molecular weight is 390 g/mol. The molecule has 4 aromatic rings. The van der Waals surface area contributed by atoms with E-state index in [-0.39, 0.29) is 30.9 Å². The predicted molar refractivity (Wildman–Crippen MR) is 107 cm³/mol. The van der Waals surface area contributed by atoms with Crippen LogP contribution in [0.3, 0.4) is 0 Å². The maximum Gasteiger partial charge on any atom is 0.277 e. The number of hydrogen-bond acceptors (Lipinski definition) is 5. The van der Waals surface area contributed by atoms with Gasteiger partial charge in [0.1, 0.15) is 5.52 Å². The summed E-state index contributed by atoms with van der Waals surface area (Å²) in [6.45, 7) is 0.0564. The number of benzene rings is 2. The second-order valence-electron chi connectivity index (χ2n) is 6.52. The Balaban J connectivity index is 1.30. The Bertz CT molecular complexity index is 1260. The van der Waals surface area contributed by atoms with Crippen molar-refractivity contribution in [3.8, 4) is 0 Å². The zero-order valence-corrected chi connectivity index (χ0v) is 15.4. The molecule has 9 heteroatoms. The molecular weight excluding hydrogens is 372 g/mol. The summed E-state index contributed by atoms with van der Waals surface area (Å²) in [5.74, 6) is -0.773. The van der Waals surface area contributed by atoms with Gasteiger partial charge >= 0.3 is 0 Å². The van der Waals surface area contributed by atoms with Gasteiger partial charge in [0.2, 0.25) is 11.8 Å². The molecular formula is C20H18N6O3. The number of H-pyrrole nitrogens is 1. The van der Waals surface area contributed by atoms with Gasteiger partial charge in [-0.3, -0.25) is 25.2 Å². The molecule has 0 aliphatic rings. The van der Waals surface area contributed by atoms with Crippen LogP contribution in [0.1, 0.15) is 12.0 Å². The summed E-state index contributed by atoms with van der Waals surface area (Å²) in [6, 6.07) is 14.5. The van der Waals surface area contributed by atoms with E-state index in [0.717, 1.165) is 21.1 Å². The first-order valence-corrected chi connectivity index (χ1v) is 9.07. The van der Waals surface area contributed by atoms with Crippen molar-refractivity contribution in [3.63, 3.8) is 0 Å². The summed E-state index contributed by atoms with van der Waals surface area (Å²) >= 11 is 0. The third-order valence-corrected chi connectivity index (χ3v) is 4.55. The summed E-state index contributed by atoms with van der Waals surface area (Å²) in [5.41, 5.74) is 6.72. The molecule has 0 bridgehead atoms. The fraction of sp³-hybridized carbons (Fsp3) is 0.150. The zero-order chi connectivity index (χ0) is 20.2. The van der Waals surface area contributed by atoms with E-state index in [1.54, 1.807) is 30.5 Å². The molecule has 2 amide bonds. The highest BCUT2D eigenvalue weighted by Gasteiger charge is 2.11. The molecule has 146 valence electrons. The number of carbonyl (C=O) groups is 2. The number of para-hydroxylation sites is 1. The van der Waals surface area contributed by atoms with E-state index in [1.807, 2.05) is 24.3 Å². The van der Waals surface area contributed by atoms with E-state index in [0.29, 0.717) is 10.9 Å². The minimum atomic E-state index is -0.431. The number of fused-ring (bicyclic) bond motifs is 2. The molecule has 4 rings (SSSR count). The number of aromatic amines is 1. The number of rotatable bonds is 5. The molecule has 0 saturated carbocycles. The smallest absolute Gasteiger partial charge is 0.277 e. The molecule has 0 atom stereocenters. The lowest BCUT2D eigenvalue weighted by Gasteiger charge is -2.08. The molecule has 3 N–H and O–H groups in total. The molecule has 2 heterocycles. The van der Waals surface area contributed by atoms with Gasteiger partial charge in [-0.1, -0.05) is 35.5 Å². The van der Waals surface area contributed by atoms with Crippen LogP contribution in [-0.2, 0) is 22.6 Å². The van der Waals surface area contributed by atoms with Crippen molar-refractivity contribution < 1.29 is 9.59 Å². The van der Waals surface area contributed by atoms with Crippen LogP contribution in [-0.4, -0.2) is 31.8 Å². The van der Waals surface area contributed by atoms with Crippen molar-refractivity contribution in [2.75, 3.05) is 0 Å². The normalized spacial score (nSPS) is 10.9. The van der Waals surface area contributed by atoms with E-state index >= 15 is 0 Å². The van der Waals surface area contributed by atoms with E-state index in [1.165, 1.54) is 0 Å². The number of hydrazine groups is 1. The fourth-order valence-corrected chi connectivity index (χ4v) is 3.07. The van der Waals surface area contributed by atoms with Crippen LogP contribution >= 0.6 is 0 Å². The van der Waals surface area contributed by atoms with Crippen LogP contribution in [0.4, 0.5) is 0 Å². The number of carbonyl (C=O) groups excluding carboxylic acids is 2. The number of nitrogens with zero attached hydrogens (tertiary/aromatic N) is 3. The van der Waals surface area contributed by atoms with Crippen molar-refractivity contribution in [2.24, 2.45) is 0 Å².